The third-order valence-electron chi connectivity index (χ3n) is 5.01. The Hall–Kier alpha value is -3.61. The summed E-state index contributed by atoms with van der Waals surface area (Å²) in [4.78, 5) is 38.6. The summed E-state index contributed by atoms with van der Waals surface area (Å²) in [6.07, 6.45) is 3.60. The molecule has 0 fully saturated rings. The monoisotopic (exact) mass is 392 g/mol. The van der Waals surface area contributed by atoms with Crippen LogP contribution in [0.25, 0.3) is 6.08 Å². The van der Waals surface area contributed by atoms with Crippen molar-refractivity contribution in [3.05, 3.63) is 59.3 Å². The number of carbonyl (C=O) groups excluding carboxylic acids is 3. The summed E-state index contributed by atoms with van der Waals surface area (Å²) in [5.74, 6) is 0.285. The first kappa shape index (κ1) is 18.7. The van der Waals surface area contributed by atoms with Gasteiger partial charge in [-0.15, -0.1) is 0 Å². The van der Waals surface area contributed by atoms with Gasteiger partial charge in [-0.25, -0.2) is 0 Å². The topological polar surface area (TPSA) is 84.9 Å². The number of carbonyl (C=O) groups is 3. The van der Waals surface area contributed by atoms with E-state index in [0.29, 0.717) is 22.7 Å². The minimum absolute atomic E-state index is 0.0483. The number of amides is 2. The Morgan fingerprint density at radius 3 is 2.55 bits per heavy atom. The van der Waals surface area contributed by atoms with Gasteiger partial charge in [0.2, 0.25) is 18.6 Å². The average Bonchev–Trinajstić information content (AvgIpc) is 3.14. The second kappa shape index (κ2) is 7.43. The molecule has 0 radical (unpaired) electrons. The number of nitrogens with zero attached hydrogens (tertiary/aromatic N) is 1. The molecule has 0 aliphatic carbocycles. The van der Waals surface area contributed by atoms with Gasteiger partial charge in [-0.05, 0) is 30.2 Å². The fourth-order valence-electron chi connectivity index (χ4n) is 3.63. The summed E-state index contributed by atoms with van der Waals surface area (Å²) in [6, 6.07) is 10.4. The van der Waals surface area contributed by atoms with E-state index in [2.05, 4.69) is 5.32 Å². The first-order chi connectivity index (χ1) is 13.9. The van der Waals surface area contributed by atoms with Crippen molar-refractivity contribution in [3.63, 3.8) is 0 Å². The quantitative estimate of drug-likeness (QED) is 0.805. The van der Waals surface area contributed by atoms with Gasteiger partial charge in [0.15, 0.2) is 17.3 Å². The van der Waals surface area contributed by atoms with Crippen molar-refractivity contribution in [2.24, 2.45) is 0 Å². The Kier molecular flexibility index (Phi) is 4.80. The molecule has 2 aromatic carbocycles. The van der Waals surface area contributed by atoms with E-state index in [0.717, 1.165) is 11.1 Å². The molecule has 1 unspecified atom stereocenters. The van der Waals surface area contributed by atoms with Gasteiger partial charge in [0.05, 0.1) is 18.2 Å². The van der Waals surface area contributed by atoms with Crippen LogP contribution in [-0.4, -0.2) is 29.3 Å². The summed E-state index contributed by atoms with van der Waals surface area (Å²) >= 11 is 0. The fraction of sp³-hybridized carbons (Fsp3) is 0.227. The first-order valence-electron chi connectivity index (χ1n) is 9.24. The molecule has 7 nitrogen and oxygen atoms in total. The van der Waals surface area contributed by atoms with Gasteiger partial charge in [-0.3, -0.25) is 14.4 Å². The molecule has 2 amide bonds. The molecule has 0 bridgehead atoms. The highest BCUT2D eigenvalue weighted by atomic mass is 16.7. The molecule has 0 aromatic heterocycles. The van der Waals surface area contributed by atoms with Gasteiger partial charge in [-0.1, -0.05) is 24.3 Å². The molecule has 2 aliphatic heterocycles. The Balaban J connectivity index is 1.60. The molecule has 1 atom stereocenters. The molecular weight excluding hydrogens is 372 g/mol. The number of anilines is 1. The van der Waals surface area contributed by atoms with Crippen LogP contribution in [0.5, 0.6) is 11.5 Å². The van der Waals surface area contributed by atoms with Crippen LogP contribution in [0, 0.1) is 0 Å². The zero-order chi connectivity index (χ0) is 20.5. The third-order valence-corrected chi connectivity index (χ3v) is 5.01. The highest BCUT2D eigenvalue weighted by Gasteiger charge is 2.29. The van der Waals surface area contributed by atoms with Crippen LogP contribution in [-0.2, 0) is 9.59 Å². The molecule has 0 saturated heterocycles. The molecule has 7 heteroatoms. The van der Waals surface area contributed by atoms with E-state index in [4.69, 9.17) is 9.47 Å². The van der Waals surface area contributed by atoms with Gasteiger partial charge in [0.1, 0.15) is 0 Å². The summed E-state index contributed by atoms with van der Waals surface area (Å²) in [7, 11) is 0. The number of Topliss-reactive ketones (excluding diaryl/α,β-unsaturated/α-hetero) is 1. The fourth-order valence-corrected chi connectivity index (χ4v) is 3.63. The van der Waals surface area contributed by atoms with Crippen molar-refractivity contribution >= 4 is 29.4 Å². The van der Waals surface area contributed by atoms with Crippen LogP contribution < -0.4 is 14.8 Å². The second-order valence-electron chi connectivity index (χ2n) is 6.95. The molecule has 4 rings (SSSR count). The van der Waals surface area contributed by atoms with Crippen molar-refractivity contribution in [2.75, 3.05) is 12.1 Å². The molecule has 0 saturated carbocycles. The Bertz CT molecular complexity index is 1040. The van der Waals surface area contributed by atoms with E-state index in [-0.39, 0.29) is 30.8 Å². The first-order valence-corrected chi connectivity index (χ1v) is 9.24. The second-order valence-corrected chi connectivity index (χ2v) is 6.95. The maximum atomic E-state index is 12.9. The standard InChI is InChI=1S/C22H20N2O5/c1-13(25)17-9-20-21(29-12-28-20)10-18(17)23-22(27)11-19-16-6-4-3-5-15(16)7-8-24(19)14(2)26/h3-10,19H,11-12H2,1-2H3,(H,23,27). The molecule has 29 heavy (non-hydrogen) atoms. The van der Waals surface area contributed by atoms with Crippen LogP contribution in [0.1, 0.15) is 47.8 Å². The number of nitrogens with one attached hydrogen (secondary N) is 1. The number of benzene rings is 2. The Morgan fingerprint density at radius 1 is 1.10 bits per heavy atom. The Labute approximate surface area is 167 Å². The smallest absolute Gasteiger partial charge is 0.231 e. The Morgan fingerprint density at radius 2 is 1.83 bits per heavy atom. The van der Waals surface area contributed by atoms with Crippen molar-refractivity contribution < 1.29 is 23.9 Å². The zero-order valence-corrected chi connectivity index (χ0v) is 16.1. The lowest BCUT2D eigenvalue weighted by Crippen LogP contribution is -2.33. The minimum atomic E-state index is -0.427. The summed E-state index contributed by atoms with van der Waals surface area (Å²) in [6.45, 7) is 2.96. The predicted octanol–water partition coefficient (Wildman–Crippen LogP) is 3.52. The van der Waals surface area contributed by atoms with Crippen LogP contribution in [0.3, 0.4) is 0 Å². The lowest BCUT2D eigenvalue weighted by atomic mass is 9.93. The van der Waals surface area contributed by atoms with Crippen molar-refractivity contribution in [2.45, 2.75) is 26.3 Å². The molecule has 1 N–H and O–H groups in total. The van der Waals surface area contributed by atoms with Gasteiger partial charge in [0, 0.05) is 24.8 Å². The number of ketones is 1. The van der Waals surface area contributed by atoms with E-state index in [1.165, 1.54) is 13.8 Å². The SMILES string of the molecule is CC(=O)c1cc2c(cc1NC(=O)CC1c3ccccc3C=CN1C(C)=O)OCO2. The molecule has 0 spiro atoms. The largest absolute Gasteiger partial charge is 0.454 e. The number of hydrogen-bond donors (Lipinski definition) is 1. The van der Waals surface area contributed by atoms with Crippen LogP contribution >= 0.6 is 0 Å². The molecular formula is C22H20N2O5. The highest BCUT2D eigenvalue weighted by Crippen LogP contribution is 2.38. The summed E-state index contributed by atoms with van der Waals surface area (Å²) in [5, 5.41) is 2.80. The summed E-state index contributed by atoms with van der Waals surface area (Å²) in [5.41, 5.74) is 2.57. The third kappa shape index (κ3) is 3.59. The molecule has 2 heterocycles. The van der Waals surface area contributed by atoms with Gasteiger partial charge in [-0.2, -0.15) is 0 Å². The van der Waals surface area contributed by atoms with Gasteiger partial charge in [0.25, 0.3) is 0 Å². The number of ether oxygens (including phenoxy) is 2. The van der Waals surface area contributed by atoms with Crippen LogP contribution in [0.2, 0.25) is 0 Å². The number of rotatable bonds is 4. The summed E-state index contributed by atoms with van der Waals surface area (Å²) < 4.78 is 10.7. The van der Waals surface area contributed by atoms with E-state index in [1.807, 2.05) is 30.3 Å². The molecule has 2 aliphatic rings. The maximum absolute atomic E-state index is 12.9. The van der Waals surface area contributed by atoms with E-state index in [9.17, 15) is 14.4 Å². The van der Waals surface area contributed by atoms with Crippen LogP contribution in [0.15, 0.2) is 42.6 Å². The van der Waals surface area contributed by atoms with Crippen molar-refractivity contribution in [1.82, 2.24) is 4.90 Å². The number of fused-ring (bicyclic) bond motifs is 2. The number of hydrogen-bond acceptors (Lipinski definition) is 5. The highest BCUT2D eigenvalue weighted by molar-refractivity contribution is 6.04. The van der Waals surface area contributed by atoms with Crippen molar-refractivity contribution in [3.8, 4) is 11.5 Å². The minimum Gasteiger partial charge on any atom is -0.454 e. The van der Waals surface area contributed by atoms with E-state index in [1.54, 1.807) is 23.2 Å². The average molecular weight is 392 g/mol. The van der Waals surface area contributed by atoms with Crippen molar-refractivity contribution in [1.29, 1.82) is 0 Å². The van der Waals surface area contributed by atoms with Gasteiger partial charge >= 0.3 is 0 Å². The lowest BCUT2D eigenvalue weighted by molar-refractivity contribution is -0.129. The lowest BCUT2D eigenvalue weighted by Gasteiger charge is -2.32. The van der Waals surface area contributed by atoms with E-state index >= 15 is 0 Å². The van der Waals surface area contributed by atoms with Crippen LogP contribution in [0.4, 0.5) is 5.69 Å². The predicted molar refractivity (Wildman–Crippen MR) is 107 cm³/mol. The molecule has 2 aromatic rings. The maximum Gasteiger partial charge on any atom is 0.231 e. The normalized spacial score (nSPS) is 16.3. The zero-order valence-electron chi connectivity index (χ0n) is 16.1. The van der Waals surface area contributed by atoms with Gasteiger partial charge < -0.3 is 19.7 Å². The van der Waals surface area contributed by atoms with E-state index < -0.39 is 6.04 Å². The molecule has 148 valence electrons.